The van der Waals surface area contributed by atoms with Gasteiger partial charge in [0.15, 0.2) is 0 Å². The molecule has 0 aromatic rings. The van der Waals surface area contributed by atoms with Gasteiger partial charge in [-0.25, -0.2) is 0 Å². The van der Waals surface area contributed by atoms with Gasteiger partial charge in [-0.15, -0.1) is 0 Å². The number of allylic oxidation sites excluding steroid dienone is 2. The lowest BCUT2D eigenvalue weighted by molar-refractivity contribution is 0.132. The zero-order valence-corrected chi connectivity index (χ0v) is 7.55. The molecule has 1 aliphatic carbocycles. The molecule has 0 aromatic heterocycles. The molecular formula is C10H16O. The Labute approximate surface area is 68.8 Å². The smallest absolute Gasteiger partial charge is 0.0816 e. The van der Waals surface area contributed by atoms with Crippen molar-refractivity contribution >= 4 is 0 Å². The van der Waals surface area contributed by atoms with Crippen molar-refractivity contribution in [3.05, 3.63) is 23.3 Å². The normalized spacial score (nSPS) is 24.5. The van der Waals surface area contributed by atoms with Gasteiger partial charge in [-0.05, 0) is 25.3 Å². The van der Waals surface area contributed by atoms with Crippen LogP contribution in [0.25, 0.3) is 0 Å². The minimum atomic E-state index is 0.324. The van der Waals surface area contributed by atoms with Crippen molar-refractivity contribution in [1.82, 2.24) is 0 Å². The summed E-state index contributed by atoms with van der Waals surface area (Å²) in [4.78, 5) is 0. The molecular weight excluding hydrogens is 136 g/mol. The lowest BCUT2D eigenvalue weighted by Gasteiger charge is -2.19. The molecule has 0 radical (unpaired) electrons. The van der Waals surface area contributed by atoms with Gasteiger partial charge in [0.2, 0.25) is 0 Å². The molecule has 62 valence electrons. The third-order valence-corrected chi connectivity index (χ3v) is 2.21. The third-order valence-electron chi connectivity index (χ3n) is 2.21. The molecule has 0 saturated carbocycles. The standard InChI is InChI=1S/C10H16O/c1-4-9-5-6-10(11-3)8(2)7-9/h5,7,10H,4,6H2,1-3H3. The minimum absolute atomic E-state index is 0.324. The summed E-state index contributed by atoms with van der Waals surface area (Å²) in [6.07, 6.45) is 7.00. The van der Waals surface area contributed by atoms with Gasteiger partial charge >= 0.3 is 0 Å². The van der Waals surface area contributed by atoms with Gasteiger partial charge < -0.3 is 4.74 Å². The maximum absolute atomic E-state index is 5.28. The number of rotatable bonds is 2. The summed E-state index contributed by atoms with van der Waals surface area (Å²) in [7, 11) is 1.77. The van der Waals surface area contributed by atoms with Crippen molar-refractivity contribution < 1.29 is 4.74 Å². The first-order chi connectivity index (χ1) is 5.27. The second kappa shape index (κ2) is 3.72. The second-order valence-electron chi connectivity index (χ2n) is 2.98. The number of ether oxygens (including phenoxy) is 1. The van der Waals surface area contributed by atoms with E-state index in [9.17, 15) is 0 Å². The van der Waals surface area contributed by atoms with Gasteiger partial charge in [-0.2, -0.15) is 0 Å². The Kier molecular flexibility index (Phi) is 2.89. The molecule has 1 unspecified atom stereocenters. The molecule has 0 amide bonds. The van der Waals surface area contributed by atoms with E-state index < -0.39 is 0 Å². The molecule has 0 aromatic carbocycles. The van der Waals surface area contributed by atoms with E-state index in [-0.39, 0.29) is 0 Å². The molecule has 11 heavy (non-hydrogen) atoms. The average Bonchev–Trinajstić information content (AvgIpc) is 2.04. The van der Waals surface area contributed by atoms with Crippen LogP contribution in [-0.4, -0.2) is 13.2 Å². The van der Waals surface area contributed by atoms with E-state index in [0.717, 1.165) is 12.8 Å². The van der Waals surface area contributed by atoms with Gasteiger partial charge in [-0.1, -0.05) is 24.6 Å². The van der Waals surface area contributed by atoms with Crippen LogP contribution in [-0.2, 0) is 4.74 Å². The topological polar surface area (TPSA) is 9.23 Å². The molecule has 1 rings (SSSR count). The summed E-state index contributed by atoms with van der Waals surface area (Å²) in [5, 5.41) is 0. The minimum Gasteiger partial charge on any atom is -0.377 e. The van der Waals surface area contributed by atoms with Crippen LogP contribution >= 0.6 is 0 Å². The largest absolute Gasteiger partial charge is 0.377 e. The zero-order valence-electron chi connectivity index (χ0n) is 7.55. The second-order valence-corrected chi connectivity index (χ2v) is 2.98. The maximum atomic E-state index is 5.28. The van der Waals surface area contributed by atoms with Crippen LogP contribution in [0.15, 0.2) is 23.3 Å². The Balaban J connectivity index is 2.65. The van der Waals surface area contributed by atoms with Crippen molar-refractivity contribution in [3.8, 4) is 0 Å². The van der Waals surface area contributed by atoms with E-state index in [2.05, 4.69) is 26.0 Å². The highest BCUT2D eigenvalue weighted by Gasteiger charge is 2.11. The predicted molar refractivity (Wildman–Crippen MR) is 47.5 cm³/mol. The first-order valence-corrected chi connectivity index (χ1v) is 4.18. The molecule has 0 spiro atoms. The Morgan fingerprint density at radius 3 is 2.82 bits per heavy atom. The predicted octanol–water partition coefficient (Wildman–Crippen LogP) is 2.69. The van der Waals surface area contributed by atoms with E-state index in [0.29, 0.717) is 6.10 Å². The molecule has 0 fully saturated rings. The van der Waals surface area contributed by atoms with Crippen LogP contribution in [0.2, 0.25) is 0 Å². The van der Waals surface area contributed by atoms with Gasteiger partial charge in [-0.3, -0.25) is 0 Å². The van der Waals surface area contributed by atoms with E-state index in [1.165, 1.54) is 11.1 Å². The summed E-state index contributed by atoms with van der Waals surface area (Å²) in [6, 6.07) is 0. The highest BCUT2D eigenvalue weighted by Crippen LogP contribution is 2.21. The van der Waals surface area contributed by atoms with Crippen molar-refractivity contribution in [1.29, 1.82) is 0 Å². The maximum Gasteiger partial charge on any atom is 0.0816 e. The number of hydrogen-bond donors (Lipinski definition) is 0. The van der Waals surface area contributed by atoms with Crippen LogP contribution in [0.5, 0.6) is 0 Å². The van der Waals surface area contributed by atoms with Crippen LogP contribution in [0.3, 0.4) is 0 Å². The van der Waals surface area contributed by atoms with E-state index >= 15 is 0 Å². The van der Waals surface area contributed by atoms with E-state index in [1.807, 2.05) is 0 Å². The van der Waals surface area contributed by atoms with Gasteiger partial charge in [0.05, 0.1) is 6.10 Å². The van der Waals surface area contributed by atoms with E-state index in [4.69, 9.17) is 4.74 Å². The van der Waals surface area contributed by atoms with Crippen molar-refractivity contribution in [2.75, 3.05) is 7.11 Å². The Morgan fingerprint density at radius 2 is 2.36 bits per heavy atom. The highest BCUT2D eigenvalue weighted by atomic mass is 16.5. The number of methoxy groups -OCH3 is 1. The summed E-state index contributed by atoms with van der Waals surface area (Å²) < 4.78 is 5.28. The fourth-order valence-corrected chi connectivity index (χ4v) is 1.42. The zero-order chi connectivity index (χ0) is 8.27. The molecule has 0 heterocycles. The summed E-state index contributed by atoms with van der Waals surface area (Å²) in [6.45, 7) is 4.32. The summed E-state index contributed by atoms with van der Waals surface area (Å²) in [5.74, 6) is 0. The van der Waals surface area contributed by atoms with Crippen LogP contribution in [0.1, 0.15) is 26.7 Å². The lowest BCUT2D eigenvalue weighted by atomic mass is 9.97. The molecule has 0 bridgehead atoms. The first-order valence-electron chi connectivity index (χ1n) is 4.18. The SMILES string of the molecule is CCC1=CCC(OC)C(C)=C1. The van der Waals surface area contributed by atoms with Crippen LogP contribution in [0.4, 0.5) is 0 Å². The molecule has 0 aliphatic heterocycles. The molecule has 1 atom stereocenters. The molecule has 1 nitrogen and oxygen atoms in total. The Hall–Kier alpha value is -0.560. The highest BCUT2D eigenvalue weighted by molar-refractivity contribution is 5.29. The van der Waals surface area contributed by atoms with Crippen molar-refractivity contribution in [3.63, 3.8) is 0 Å². The summed E-state index contributed by atoms with van der Waals surface area (Å²) in [5.41, 5.74) is 2.79. The monoisotopic (exact) mass is 152 g/mol. The molecule has 1 heteroatoms. The molecule has 1 aliphatic rings. The Bertz CT molecular complexity index is 189. The third kappa shape index (κ3) is 1.93. The summed E-state index contributed by atoms with van der Waals surface area (Å²) >= 11 is 0. The molecule has 0 N–H and O–H groups in total. The van der Waals surface area contributed by atoms with Gasteiger partial charge in [0, 0.05) is 7.11 Å². The lowest BCUT2D eigenvalue weighted by Crippen LogP contribution is -2.13. The molecule has 0 saturated heterocycles. The fraction of sp³-hybridized carbons (Fsp3) is 0.600. The van der Waals surface area contributed by atoms with Crippen LogP contribution in [0, 0.1) is 0 Å². The first kappa shape index (κ1) is 8.54. The van der Waals surface area contributed by atoms with E-state index in [1.54, 1.807) is 7.11 Å². The fourth-order valence-electron chi connectivity index (χ4n) is 1.42. The van der Waals surface area contributed by atoms with Crippen LogP contribution < -0.4 is 0 Å². The quantitative estimate of drug-likeness (QED) is 0.591. The number of hydrogen-bond acceptors (Lipinski definition) is 1. The van der Waals surface area contributed by atoms with Gasteiger partial charge in [0.25, 0.3) is 0 Å². The van der Waals surface area contributed by atoms with Gasteiger partial charge in [0.1, 0.15) is 0 Å². The average molecular weight is 152 g/mol. The Morgan fingerprint density at radius 1 is 1.64 bits per heavy atom. The van der Waals surface area contributed by atoms with Crippen molar-refractivity contribution in [2.24, 2.45) is 0 Å². The van der Waals surface area contributed by atoms with Crippen molar-refractivity contribution in [2.45, 2.75) is 32.8 Å².